The van der Waals surface area contributed by atoms with Gasteiger partial charge in [-0.1, -0.05) is 6.07 Å². The van der Waals surface area contributed by atoms with E-state index in [0.29, 0.717) is 0 Å². The monoisotopic (exact) mass is 279 g/mol. The molecule has 0 heterocycles. The first kappa shape index (κ1) is 15.3. The molecular formula is C12H13N3O5. The Morgan fingerprint density at radius 3 is 2.70 bits per heavy atom. The number of carbonyl (C=O) groups excluding carboxylic acids is 1. The van der Waals surface area contributed by atoms with Crippen LogP contribution in [0.25, 0.3) is 0 Å². The first-order chi connectivity index (χ1) is 9.53. The first-order valence-corrected chi connectivity index (χ1v) is 5.51. The van der Waals surface area contributed by atoms with Crippen molar-refractivity contribution in [2.45, 2.75) is 6.04 Å². The summed E-state index contributed by atoms with van der Waals surface area (Å²) in [4.78, 5) is 22.3. The fourth-order valence-corrected chi connectivity index (χ4v) is 1.42. The molecule has 0 saturated carbocycles. The molecule has 2 amide bonds. The Kier molecular flexibility index (Phi) is 5.31. The van der Waals surface area contributed by atoms with Crippen molar-refractivity contribution in [3.63, 3.8) is 0 Å². The highest BCUT2D eigenvalue weighted by molar-refractivity contribution is 5.95. The van der Waals surface area contributed by atoms with E-state index in [-0.39, 0.29) is 17.0 Å². The maximum Gasteiger partial charge on any atom is 0.328 e. The summed E-state index contributed by atoms with van der Waals surface area (Å²) in [5.41, 5.74) is 0.285. The number of para-hydroxylation sites is 1. The number of aliphatic hydroxyl groups is 1. The van der Waals surface area contributed by atoms with E-state index in [1.807, 2.05) is 6.07 Å². The largest absolute Gasteiger partial charge is 0.495 e. The van der Waals surface area contributed by atoms with Gasteiger partial charge in [-0.05, 0) is 12.1 Å². The van der Waals surface area contributed by atoms with Crippen LogP contribution in [0, 0.1) is 11.3 Å². The summed E-state index contributed by atoms with van der Waals surface area (Å²) in [6, 6.07) is 4.16. The molecule has 0 saturated heterocycles. The number of nitriles is 1. The minimum Gasteiger partial charge on any atom is -0.495 e. The van der Waals surface area contributed by atoms with Gasteiger partial charge in [0.05, 0.1) is 19.3 Å². The van der Waals surface area contributed by atoms with Gasteiger partial charge in [-0.15, -0.1) is 0 Å². The Balaban J connectivity index is 2.91. The lowest BCUT2D eigenvalue weighted by molar-refractivity contribution is -0.140. The van der Waals surface area contributed by atoms with Crippen LogP contribution in [-0.2, 0) is 4.79 Å². The fourth-order valence-electron chi connectivity index (χ4n) is 1.42. The second-order valence-corrected chi connectivity index (χ2v) is 3.67. The zero-order valence-electron chi connectivity index (χ0n) is 10.6. The van der Waals surface area contributed by atoms with Crippen molar-refractivity contribution < 1.29 is 24.5 Å². The maximum absolute atomic E-state index is 11.7. The molecular weight excluding hydrogens is 266 g/mol. The molecule has 4 N–H and O–H groups in total. The van der Waals surface area contributed by atoms with E-state index in [9.17, 15) is 9.59 Å². The molecule has 1 rings (SSSR count). The molecule has 0 aromatic heterocycles. The normalized spacial score (nSPS) is 11.1. The number of aliphatic hydroxyl groups excluding tert-OH is 1. The van der Waals surface area contributed by atoms with Crippen LogP contribution in [0.1, 0.15) is 5.56 Å². The quantitative estimate of drug-likeness (QED) is 0.606. The molecule has 1 atom stereocenters. The van der Waals surface area contributed by atoms with Gasteiger partial charge in [0.2, 0.25) is 0 Å². The summed E-state index contributed by atoms with van der Waals surface area (Å²) in [5, 5.41) is 30.9. The third kappa shape index (κ3) is 3.60. The van der Waals surface area contributed by atoms with Crippen LogP contribution < -0.4 is 15.4 Å². The number of urea groups is 1. The lowest BCUT2D eigenvalue weighted by Gasteiger charge is -2.15. The Bertz CT molecular complexity index is 553. The minimum atomic E-state index is -1.43. The highest BCUT2D eigenvalue weighted by atomic mass is 16.5. The zero-order chi connectivity index (χ0) is 15.1. The molecule has 8 nitrogen and oxygen atoms in total. The zero-order valence-corrected chi connectivity index (χ0v) is 10.6. The summed E-state index contributed by atoms with van der Waals surface area (Å²) < 4.78 is 5.01. The van der Waals surface area contributed by atoms with E-state index < -0.39 is 24.6 Å². The number of amides is 2. The fraction of sp³-hybridized carbons (Fsp3) is 0.250. The van der Waals surface area contributed by atoms with Gasteiger partial charge in [-0.3, -0.25) is 0 Å². The number of anilines is 1. The van der Waals surface area contributed by atoms with E-state index in [0.717, 1.165) is 0 Å². The lowest BCUT2D eigenvalue weighted by Crippen LogP contribution is -2.45. The van der Waals surface area contributed by atoms with E-state index in [1.54, 1.807) is 6.07 Å². The molecule has 0 aliphatic heterocycles. The number of rotatable bonds is 5. The third-order valence-corrected chi connectivity index (χ3v) is 2.39. The molecule has 8 heteroatoms. The van der Waals surface area contributed by atoms with Crippen molar-refractivity contribution >= 4 is 17.7 Å². The number of hydrogen-bond donors (Lipinski definition) is 4. The maximum atomic E-state index is 11.7. The number of carboxylic acid groups (broad SMARTS) is 1. The molecule has 0 radical (unpaired) electrons. The van der Waals surface area contributed by atoms with Gasteiger partial charge in [-0.25, -0.2) is 9.59 Å². The number of methoxy groups -OCH3 is 1. The van der Waals surface area contributed by atoms with Gasteiger partial charge < -0.3 is 25.6 Å². The third-order valence-electron chi connectivity index (χ3n) is 2.39. The predicted octanol–water partition coefficient (Wildman–Crippen LogP) is 0.134. The molecule has 0 spiro atoms. The number of aliphatic carboxylic acids is 1. The highest BCUT2D eigenvalue weighted by Gasteiger charge is 2.20. The standard InChI is InChI=1S/C12H13N3O5/c1-20-9-4-2-3-7(5-13)10(9)15-12(19)14-8(6-16)11(17)18/h2-4,8,16H,6H2,1H3,(H,17,18)(H2,14,15,19)/t8-/m0/s1. The topological polar surface area (TPSA) is 132 Å². The smallest absolute Gasteiger partial charge is 0.328 e. The second kappa shape index (κ2) is 6.96. The van der Waals surface area contributed by atoms with Crippen LogP contribution in [0.15, 0.2) is 18.2 Å². The Labute approximate surface area is 114 Å². The number of carboxylic acids is 1. The molecule has 1 aromatic rings. The van der Waals surface area contributed by atoms with Crippen molar-refractivity contribution in [2.75, 3.05) is 19.0 Å². The summed E-state index contributed by atoms with van der Waals surface area (Å²) in [7, 11) is 1.37. The molecule has 0 unspecified atom stereocenters. The van der Waals surface area contributed by atoms with E-state index in [1.165, 1.54) is 19.2 Å². The van der Waals surface area contributed by atoms with Crippen LogP contribution in [0.4, 0.5) is 10.5 Å². The summed E-state index contributed by atoms with van der Waals surface area (Å²) in [6.45, 7) is -0.750. The van der Waals surface area contributed by atoms with Crippen LogP contribution >= 0.6 is 0 Å². The number of ether oxygens (including phenoxy) is 1. The molecule has 0 bridgehead atoms. The average Bonchev–Trinajstić information content (AvgIpc) is 2.44. The Morgan fingerprint density at radius 2 is 2.20 bits per heavy atom. The SMILES string of the molecule is COc1cccc(C#N)c1NC(=O)N[C@@H](CO)C(=O)O. The number of nitrogens with zero attached hydrogens (tertiary/aromatic N) is 1. The molecule has 0 aliphatic carbocycles. The van der Waals surface area contributed by atoms with Crippen molar-refractivity contribution in [2.24, 2.45) is 0 Å². The molecule has 1 aromatic carbocycles. The summed E-state index contributed by atoms with van der Waals surface area (Å²) >= 11 is 0. The van der Waals surface area contributed by atoms with E-state index >= 15 is 0 Å². The van der Waals surface area contributed by atoms with Gasteiger partial charge in [0.1, 0.15) is 17.5 Å². The van der Waals surface area contributed by atoms with E-state index in [4.69, 9.17) is 20.2 Å². The first-order valence-electron chi connectivity index (χ1n) is 5.51. The van der Waals surface area contributed by atoms with Gasteiger partial charge in [0.15, 0.2) is 6.04 Å². The van der Waals surface area contributed by atoms with Crippen molar-refractivity contribution in [3.05, 3.63) is 23.8 Å². The van der Waals surface area contributed by atoms with Crippen LogP contribution in [0.3, 0.4) is 0 Å². The average molecular weight is 279 g/mol. The van der Waals surface area contributed by atoms with Gasteiger partial charge >= 0.3 is 12.0 Å². The van der Waals surface area contributed by atoms with Crippen LogP contribution in [-0.4, -0.2) is 42.0 Å². The molecule has 106 valence electrons. The van der Waals surface area contributed by atoms with Gasteiger partial charge in [0, 0.05) is 0 Å². The van der Waals surface area contributed by atoms with Gasteiger partial charge in [-0.2, -0.15) is 5.26 Å². The van der Waals surface area contributed by atoms with Crippen molar-refractivity contribution in [1.29, 1.82) is 5.26 Å². The van der Waals surface area contributed by atoms with Crippen LogP contribution in [0.2, 0.25) is 0 Å². The number of carbonyl (C=O) groups is 2. The minimum absolute atomic E-state index is 0.122. The molecule has 0 aliphatic rings. The van der Waals surface area contributed by atoms with Gasteiger partial charge in [0.25, 0.3) is 0 Å². The van der Waals surface area contributed by atoms with Crippen molar-refractivity contribution in [1.82, 2.24) is 5.32 Å². The van der Waals surface area contributed by atoms with E-state index in [2.05, 4.69) is 10.6 Å². The molecule has 0 fully saturated rings. The highest BCUT2D eigenvalue weighted by Crippen LogP contribution is 2.27. The van der Waals surface area contributed by atoms with Crippen LogP contribution in [0.5, 0.6) is 5.75 Å². The number of nitrogens with one attached hydrogen (secondary N) is 2. The summed E-state index contributed by atoms with van der Waals surface area (Å²) in [6.07, 6.45) is 0. The number of hydrogen-bond acceptors (Lipinski definition) is 5. The molecule has 20 heavy (non-hydrogen) atoms. The number of benzene rings is 1. The predicted molar refractivity (Wildman–Crippen MR) is 68.4 cm³/mol. The lowest BCUT2D eigenvalue weighted by atomic mass is 10.2. The van der Waals surface area contributed by atoms with Crippen molar-refractivity contribution in [3.8, 4) is 11.8 Å². The summed E-state index contributed by atoms with van der Waals surface area (Å²) in [5.74, 6) is -1.11. The Hall–Kier alpha value is -2.79. The second-order valence-electron chi connectivity index (χ2n) is 3.67. The Morgan fingerprint density at radius 1 is 1.50 bits per heavy atom.